The number of rotatable bonds is 4. The van der Waals surface area contributed by atoms with Crippen molar-refractivity contribution < 1.29 is 14.7 Å². The van der Waals surface area contributed by atoms with E-state index in [0.717, 1.165) is 0 Å². The molecule has 0 atom stereocenters. The number of carboxylic acids is 1. The third kappa shape index (κ3) is 4.00. The highest BCUT2D eigenvalue weighted by atomic mass is 16.4. The van der Waals surface area contributed by atoms with Gasteiger partial charge in [-0.25, -0.2) is 4.79 Å². The van der Waals surface area contributed by atoms with E-state index >= 15 is 0 Å². The van der Waals surface area contributed by atoms with Crippen LogP contribution in [0.15, 0.2) is 18.2 Å². The lowest BCUT2D eigenvalue weighted by molar-refractivity contribution is -0.147. The van der Waals surface area contributed by atoms with Gasteiger partial charge in [0, 0.05) is 6.54 Å². The molecule has 6 heteroatoms. The monoisotopic (exact) mass is 261 g/mol. The lowest BCUT2D eigenvalue weighted by Crippen LogP contribution is -2.22. The molecule has 0 heterocycles. The molecule has 1 aromatic rings. The van der Waals surface area contributed by atoms with Crippen molar-refractivity contribution in [2.75, 3.05) is 17.2 Å². The van der Waals surface area contributed by atoms with Crippen molar-refractivity contribution in [3.63, 3.8) is 0 Å². The van der Waals surface area contributed by atoms with Gasteiger partial charge in [-0.1, -0.05) is 19.9 Å². The number of hydrogen-bond acceptors (Lipinski definition) is 4. The zero-order valence-corrected chi connectivity index (χ0v) is 10.7. The smallest absolute Gasteiger partial charge is 0.394 e. The van der Waals surface area contributed by atoms with Crippen molar-refractivity contribution >= 4 is 23.3 Å². The quantitative estimate of drug-likeness (QED) is 0.715. The molecule has 1 aromatic carbocycles. The second-order valence-corrected chi connectivity index (χ2v) is 4.37. The fraction of sp³-hybridized carbons (Fsp3) is 0.308. The molecule has 0 unspecified atom stereocenters. The topological polar surface area (TPSA) is 102 Å². The van der Waals surface area contributed by atoms with Gasteiger partial charge < -0.3 is 15.7 Å². The van der Waals surface area contributed by atoms with E-state index in [9.17, 15) is 9.59 Å². The number of nitrogens with zero attached hydrogens (tertiary/aromatic N) is 1. The van der Waals surface area contributed by atoms with Crippen LogP contribution in [0.4, 0.5) is 11.4 Å². The lowest BCUT2D eigenvalue weighted by atomic mass is 10.1. The van der Waals surface area contributed by atoms with Crippen LogP contribution < -0.4 is 10.6 Å². The molecule has 0 aliphatic carbocycles. The Hall–Kier alpha value is -2.55. The Morgan fingerprint density at radius 3 is 2.53 bits per heavy atom. The third-order valence-corrected chi connectivity index (χ3v) is 2.32. The summed E-state index contributed by atoms with van der Waals surface area (Å²) in [7, 11) is 0. The Morgan fingerprint density at radius 2 is 2.00 bits per heavy atom. The van der Waals surface area contributed by atoms with Gasteiger partial charge in [-0.2, -0.15) is 5.26 Å². The highest BCUT2D eigenvalue weighted by molar-refractivity contribution is 6.36. The summed E-state index contributed by atoms with van der Waals surface area (Å²) in [6.45, 7) is 4.72. The standard InChI is InChI=1S/C13H15N3O3/c1-8(2)7-15-10-4-3-5-11(9(10)6-14)16-12(17)13(18)19/h3-5,8,15H,7H2,1-2H3,(H,16,17)(H,18,19). The number of carbonyl (C=O) groups excluding carboxylic acids is 1. The number of benzene rings is 1. The number of carbonyl (C=O) groups is 2. The lowest BCUT2D eigenvalue weighted by Gasteiger charge is -2.13. The first kappa shape index (κ1) is 14.5. The van der Waals surface area contributed by atoms with Crippen molar-refractivity contribution in [2.24, 2.45) is 5.92 Å². The molecule has 6 nitrogen and oxygen atoms in total. The fourth-order valence-corrected chi connectivity index (χ4v) is 1.41. The van der Waals surface area contributed by atoms with Gasteiger partial charge in [0.25, 0.3) is 0 Å². The van der Waals surface area contributed by atoms with Gasteiger partial charge in [0.2, 0.25) is 0 Å². The molecule has 0 aliphatic rings. The van der Waals surface area contributed by atoms with Crippen molar-refractivity contribution in [1.82, 2.24) is 0 Å². The summed E-state index contributed by atoms with van der Waals surface area (Å²) in [6, 6.07) is 6.79. The van der Waals surface area contributed by atoms with Crippen LogP contribution in [0.3, 0.4) is 0 Å². The van der Waals surface area contributed by atoms with Gasteiger partial charge in [0.05, 0.1) is 16.9 Å². The van der Waals surface area contributed by atoms with E-state index in [1.807, 2.05) is 19.9 Å². The molecule has 0 spiro atoms. The summed E-state index contributed by atoms with van der Waals surface area (Å²) < 4.78 is 0. The van der Waals surface area contributed by atoms with E-state index in [2.05, 4.69) is 10.6 Å². The molecule has 0 bridgehead atoms. The van der Waals surface area contributed by atoms with Crippen molar-refractivity contribution in [3.8, 4) is 6.07 Å². The largest absolute Gasteiger partial charge is 0.474 e. The van der Waals surface area contributed by atoms with Crippen LogP contribution in [-0.4, -0.2) is 23.5 Å². The molecular formula is C13H15N3O3. The Labute approximate surface area is 111 Å². The number of aliphatic carboxylic acids is 1. The van der Waals surface area contributed by atoms with E-state index in [1.54, 1.807) is 12.1 Å². The van der Waals surface area contributed by atoms with Gasteiger partial charge in [0.15, 0.2) is 0 Å². The van der Waals surface area contributed by atoms with Gasteiger partial charge in [-0.05, 0) is 18.1 Å². The molecule has 3 N–H and O–H groups in total. The summed E-state index contributed by atoms with van der Waals surface area (Å²) in [4.78, 5) is 21.6. The summed E-state index contributed by atoms with van der Waals surface area (Å²) in [5.74, 6) is -2.37. The van der Waals surface area contributed by atoms with Gasteiger partial charge in [-0.15, -0.1) is 0 Å². The number of anilines is 2. The molecule has 100 valence electrons. The number of hydrogen-bond donors (Lipinski definition) is 3. The minimum absolute atomic E-state index is 0.184. The Kier molecular flexibility index (Phi) is 4.89. The first-order chi connectivity index (χ1) is 8.95. The SMILES string of the molecule is CC(C)CNc1cccc(NC(=O)C(=O)O)c1C#N. The van der Waals surface area contributed by atoms with E-state index in [1.165, 1.54) is 6.07 Å². The fourth-order valence-electron chi connectivity index (χ4n) is 1.41. The highest BCUT2D eigenvalue weighted by Gasteiger charge is 2.15. The van der Waals surface area contributed by atoms with Crippen molar-refractivity contribution in [1.29, 1.82) is 5.26 Å². The van der Waals surface area contributed by atoms with Crippen LogP contribution in [-0.2, 0) is 9.59 Å². The van der Waals surface area contributed by atoms with Crippen LogP contribution in [0.25, 0.3) is 0 Å². The average Bonchev–Trinajstić information content (AvgIpc) is 2.36. The van der Waals surface area contributed by atoms with Crippen molar-refractivity contribution in [3.05, 3.63) is 23.8 Å². The van der Waals surface area contributed by atoms with Gasteiger partial charge in [-0.3, -0.25) is 4.79 Å². The normalized spacial score (nSPS) is 9.79. The molecule has 0 aromatic heterocycles. The second kappa shape index (κ2) is 6.40. The number of carboxylic acid groups (broad SMARTS) is 1. The number of amides is 1. The average molecular weight is 261 g/mol. The van der Waals surface area contributed by atoms with Gasteiger partial charge >= 0.3 is 11.9 Å². The van der Waals surface area contributed by atoms with Crippen molar-refractivity contribution in [2.45, 2.75) is 13.8 Å². The highest BCUT2D eigenvalue weighted by Crippen LogP contribution is 2.23. The molecular weight excluding hydrogens is 246 g/mol. The number of nitrogens with one attached hydrogen (secondary N) is 2. The molecule has 0 radical (unpaired) electrons. The molecule has 1 rings (SSSR count). The Morgan fingerprint density at radius 1 is 1.37 bits per heavy atom. The van der Waals surface area contributed by atoms with Crippen LogP contribution >= 0.6 is 0 Å². The van der Waals surface area contributed by atoms with E-state index in [-0.39, 0.29) is 11.3 Å². The first-order valence-corrected chi connectivity index (χ1v) is 5.77. The molecule has 19 heavy (non-hydrogen) atoms. The van der Waals surface area contributed by atoms with E-state index in [4.69, 9.17) is 10.4 Å². The summed E-state index contributed by atoms with van der Waals surface area (Å²) in [5, 5.41) is 22.9. The zero-order chi connectivity index (χ0) is 14.4. The van der Waals surface area contributed by atoms with Crippen LogP contribution in [0.5, 0.6) is 0 Å². The predicted octanol–water partition coefficient (Wildman–Crippen LogP) is 1.65. The Balaban J connectivity index is 3.00. The van der Waals surface area contributed by atoms with Crippen LogP contribution in [0.2, 0.25) is 0 Å². The van der Waals surface area contributed by atoms with Crippen LogP contribution in [0.1, 0.15) is 19.4 Å². The molecule has 0 saturated heterocycles. The molecule has 1 amide bonds. The minimum atomic E-state index is -1.59. The third-order valence-electron chi connectivity index (χ3n) is 2.32. The summed E-state index contributed by atoms with van der Waals surface area (Å²) in [6.07, 6.45) is 0. The zero-order valence-electron chi connectivity index (χ0n) is 10.7. The maximum Gasteiger partial charge on any atom is 0.394 e. The molecule has 0 fully saturated rings. The second-order valence-electron chi connectivity index (χ2n) is 4.37. The molecule has 0 saturated carbocycles. The van der Waals surface area contributed by atoms with Gasteiger partial charge in [0.1, 0.15) is 6.07 Å². The Bertz CT molecular complexity index is 532. The maximum atomic E-state index is 11.1. The predicted molar refractivity (Wildman–Crippen MR) is 70.8 cm³/mol. The number of nitriles is 1. The first-order valence-electron chi connectivity index (χ1n) is 5.77. The summed E-state index contributed by atoms with van der Waals surface area (Å²) in [5.41, 5.74) is 0.973. The van der Waals surface area contributed by atoms with E-state index < -0.39 is 11.9 Å². The molecule has 0 aliphatic heterocycles. The van der Waals surface area contributed by atoms with Crippen LogP contribution in [0, 0.1) is 17.2 Å². The minimum Gasteiger partial charge on any atom is -0.474 e. The maximum absolute atomic E-state index is 11.1. The summed E-state index contributed by atoms with van der Waals surface area (Å²) >= 11 is 0. The van der Waals surface area contributed by atoms with E-state index in [0.29, 0.717) is 18.2 Å².